The molecule has 1 fully saturated rings. The Morgan fingerprint density at radius 2 is 1.83 bits per heavy atom. The number of aryl methyl sites for hydroxylation is 1. The third-order valence-electron chi connectivity index (χ3n) is 4.59. The van der Waals surface area contributed by atoms with E-state index < -0.39 is 30.3 Å². The van der Waals surface area contributed by atoms with E-state index in [1.165, 1.54) is 18.2 Å². The fourth-order valence-electron chi connectivity index (χ4n) is 2.91. The first-order valence-electron chi connectivity index (χ1n) is 9.07. The van der Waals surface area contributed by atoms with Crippen molar-refractivity contribution in [1.82, 2.24) is 10.4 Å². The van der Waals surface area contributed by atoms with Gasteiger partial charge in [-0.1, -0.05) is 53.0 Å². The van der Waals surface area contributed by atoms with Crippen LogP contribution in [-0.4, -0.2) is 41.7 Å². The van der Waals surface area contributed by atoms with E-state index in [1.807, 2.05) is 6.92 Å². The van der Waals surface area contributed by atoms with Crippen molar-refractivity contribution in [3.63, 3.8) is 0 Å². The van der Waals surface area contributed by atoms with Gasteiger partial charge in [-0.3, -0.25) is 29.6 Å². The van der Waals surface area contributed by atoms with Gasteiger partial charge in [0, 0.05) is 17.0 Å². The number of amides is 2. The molecular formula is C21H18Cl2N2O5. The zero-order chi connectivity index (χ0) is 21.8. The summed E-state index contributed by atoms with van der Waals surface area (Å²) in [5.74, 6) is -2.85. The quantitative estimate of drug-likeness (QED) is 0.540. The highest BCUT2D eigenvalue weighted by Gasteiger charge is 2.37. The van der Waals surface area contributed by atoms with Crippen molar-refractivity contribution in [2.75, 3.05) is 13.2 Å². The molecule has 0 aliphatic carbocycles. The molecule has 9 heteroatoms. The number of nitrogens with zero attached hydrogens (tertiary/aromatic N) is 1. The van der Waals surface area contributed by atoms with Gasteiger partial charge in [0.15, 0.2) is 12.4 Å². The van der Waals surface area contributed by atoms with Crippen LogP contribution in [-0.2, 0) is 14.3 Å². The van der Waals surface area contributed by atoms with E-state index in [0.717, 1.165) is 10.6 Å². The minimum Gasteiger partial charge on any atom is -0.457 e. The lowest BCUT2D eigenvalue weighted by atomic mass is 10.1. The highest BCUT2D eigenvalue weighted by atomic mass is 35.5. The predicted molar refractivity (Wildman–Crippen MR) is 110 cm³/mol. The molecule has 1 aliphatic heterocycles. The summed E-state index contributed by atoms with van der Waals surface area (Å²) in [6, 6.07) is 11.2. The predicted octanol–water partition coefficient (Wildman–Crippen LogP) is 3.22. The monoisotopic (exact) mass is 448 g/mol. The first kappa shape index (κ1) is 21.8. The molecule has 30 heavy (non-hydrogen) atoms. The molecule has 3 rings (SSSR count). The molecule has 0 aromatic heterocycles. The van der Waals surface area contributed by atoms with Crippen LogP contribution in [0.2, 0.25) is 10.0 Å². The molecule has 0 saturated carbocycles. The van der Waals surface area contributed by atoms with Crippen LogP contribution in [0.5, 0.6) is 0 Å². The van der Waals surface area contributed by atoms with E-state index in [2.05, 4.69) is 5.43 Å². The molecule has 0 bridgehead atoms. The van der Waals surface area contributed by atoms with Gasteiger partial charge in [0.2, 0.25) is 5.91 Å². The minimum absolute atomic E-state index is 0.0622. The number of ketones is 1. The van der Waals surface area contributed by atoms with Gasteiger partial charge in [-0.25, -0.2) is 0 Å². The summed E-state index contributed by atoms with van der Waals surface area (Å²) in [7, 11) is 0. The highest BCUT2D eigenvalue weighted by Crippen LogP contribution is 2.22. The summed E-state index contributed by atoms with van der Waals surface area (Å²) in [5.41, 5.74) is 4.02. The minimum atomic E-state index is -0.788. The number of hydrazine groups is 1. The lowest BCUT2D eigenvalue weighted by Gasteiger charge is -2.18. The van der Waals surface area contributed by atoms with Crippen LogP contribution < -0.4 is 5.43 Å². The van der Waals surface area contributed by atoms with Gasteiger partial charge in [-0.15, -0.1) is 0 Å². The maximum atomic E-state index is 12.4. The maximum absolute atomic E-state index is 12.4. The molecule has 1 N–H and O–H groups in total. The summed E-state index contributed by atoms with van der Waals surface area (Å²) in [5, 5.41) is 1.55. The summed E-state index contributed by atoms with van der Waals surface area (Å²) in [6.07, 6.45) is -0.133. The van der Waals surface area contributed by atoms with Gasteiger partial charge < -0.3 is 4.74 Å². The lowest BCUT2D eigenvalue weighted by molar-refractivity contribution is -0.147. The Morgan fingerprint density at radius 1 is 1.13 bits per heavy atom. The third kappa shape index (κ3) is 5.17. The molecule has 1 saturated heterocycles. The van der Waals surface area contributed by atoms with Crippen molar-refractivity contribution < 1.29 is 23.9 Å². The average Bonchev–Trinajstić information content (AvgIpc) is 3.06. The van der Waals surface area contributed by atoms with E-state index in [0.29, 0.717) is 10.6 Å². The molecule has 0 spiro atoms. The molecule has 1 atom stereocenters. The van der Waals surface area contributed by atoms with Crippen LogP contribution in [0.25, 0.3) is 0 Å². The van der Waals surface area contributed by atoms with Crippen LogP contribution in [0.4, 0.5) is 0 Å². The van der Waals surface area contributed by atoms with Crippen molar-refractivity contribution in [2.24, 2.45) is 5.92 Å². The number of ether oxygens (including phenoxy) is 1. The SMILES string of the molecule is Cc1ccc(C(=O)COC(=O)[C@H]2CC(=O)N(NC(=O)c3ccc(Cl)cc3Cl)C2)cc1. The van der Waals surface area contributed by atoms with E-state index in [1.54, 1.807) is 24.3 Å². The Bertz CT molecular complexity index is 1010. The number of hydrogen-bond acceptors (Lipinski definition) is 5. The molecule has 156 valence electrons. The number of Topliss-reactive ketones (excluding diaryl/α,β-unsaturated/α-hetero) is 1. The van der Waals surface area contributed by atoms with Crippen molar-refractivity contribution in [3.8, 4) is 0 Å². The zero-order valence-corrected chi connectivity index (χ0v) is 17.5. The standard InChI is InChI=1S/C21H18Cl2N2O5/c1-12-2-4-13(5-3-12)18(26)11-30-21(29)14-8-19(27)25(10-14)24-20(28)16-7-6-15(22)9-17(16)23/h2-7,9,14H,8,10-11H2,1H3,(H,24,28)/t14-/m0/s1. The maximum Gasteiger partial charge on any atom is 0.311 e. The van der Waals surface area contributed by atoms with Gasteiger partial charge in [-0.05, 0) is 25.1 Å². The third-order valence-corrected chi connectivity index (χ3v) is 5.14. The Labute approximate surface area is 182 Å². The molecule has 2 aromatic rings. The van der Waals surface area contributed by atoms with E-state index >= 15 is 0 Å². The van der Waals surface area contributed by atoms with Gasteiger partial charge in [0.05, 0.1) is 23.0 Å². The highest BCUT2D eigenvalue weighted by molar-refractivity contribution is 6.36. The number of esters is 1. The lowest BCUT2D eigenvalue weighted by Crippen LogP contribution is -2.43. The fourth-order valence-corrected chi connectivity index (χ4v) is 3.40. The number of rotatable bonds is 6. The number of carbonyl (C=O) groups excluding carboxylic acids is 4. The molecular weight excluding hydrogens is 431 g/mol. The van der Waals surface area contributed by atoms with Crippen molar-refractivity contribution >= 4 is 46.8 Å². The second kappa shape index (κ2) is 9.28. The van der Waals surface area contributed by atoms with Gasteiger partial charge in [0.25, 0.3) is 5.91 Å². The second-order valence-electron chi connectivity index (χ2n) is 6.87. The van der Waals surface area contributed by atoms with Crippen LogP contribution >= 0.6 is 23.2 Å². The topological polar surface area (TPSA) is 92.8 Å². The van der Waals surface area contributed by atoms with Crippen LogP contribution in [0.3, 0.4) is 0 Å². The number of halogens is 2. The van der Waals surface area contributed by atoms with E-state index in [4.69, 9.17) is 27.9 Å². The number of nitrogens with one attached hydrogen (secondary N) is 1. The van der Waals surface area contributed by atoms with E-state index in [9.17, 15) is 19.2 Å². The molecule has 0 unspecified atom stereocenters. The summed E-state index contributed by atoms with van der Waals surface area (Å²) >= 11 is 11.8. The normalized spacial score (nSPS) is 15.8. The van der Waals surface area contributed by atoms with Crippen molar-refractivity contribution in [2.45, 2.75) is 13.3 Å². The Hall–Kier alpha value is -2.90. The fraction of sp³-hybridized carbons (Fsp3) is 0.238. The van der Waals surface area contributed by atoms with Crippen LogP contribution in [0.1, 0.15) is 32.7 Å². The second-order valence-corrected chi connectivity index (χ2v) is 7.71. The first-order valence-corrected chi connectivity index (χ1v) is 9.83. The smallest absolute Gasteiger partial charge is 0.311 e. The molecule has 0 radical (unpaired) electrons. The molecule has 1 heterocycles. The van der Waals surface area contributed by atoms with Gasteiger partial charge >= 0.3 is 5.97 Å². The molecule has 1 aliphatic rings. The van der Waals surface area contributed by atoms with Crippen LogP contribution in [0, 0.1) is 12.8 Å². The summed E-state index contributed by atoms with van der Waals surface area (Å²) in [6.45, 7) is 1.42. The number of benzene rings is 2. The molecule has 7 nitrogen and oxygen atoms in total. The van der Waals surface area contributed by atoms with Crippen LogP contribution in [0.15, 0.2) is 42.5 Å². The van der Waals surface area contributed by atoms with Gasteiger partial charge in [-0.2, -0.15) is 0 Å². The Morgan fingerprint density at radius 3 is 2.50 bits per heavy atom. The first-order chi connectivity index (χ1) is 14.2. The van der Waals surface area contributed by atoms with Crippen molar-refractivity contribution in [3.05, 3.63) is 69.2 Å². The average molecular weight is 449 g/mol. The summed E-state index contributed by atoms with van der Waals surface area (Å²) in [4.78, 5) is 48.9. The zero-order valence-electron chi connectivity index (χ0n) is 16.0. The Balaban J connectivity index is 1.54. The largest absolute Gasteiger partial charge is 0.457 e. The van der Waals surface area contributed by atoms with Gasteiger partial charge in [0.1, 0.15) is 0 Å². The van der Waals surface area contributed by atoms with Crippen molar-refractivity contribution in [1.29, 1.82) is 0 Å². The number of hydrogen-bond donors (Lipinski definition) is 1. The molecule has 2 aromatic carbocycles. The summed E-state index contributed by atoms with van der Waals surface area (Å²) < 4.78 is 5.08. The molecule has 2 amide bonds. The Kier molecular flexibility index (Phi) is 6.74. The number of carbonyl (C=O) groups is 4. The van der Waals surface area contributed by atoms with E-state index in [-0.39, 0.29) is 29.3 Å².